The van der Waals surface area contributed by atoms with E-state index in [1.54, 1.807) is 30.3 Å². The molecule has 0 atom stereocenters. The molecule has 5 nitrogen and oxygen atoms in total. The highest BCUT2D eigenvalue weighted by atomic mass is 35.5. The number of carbonyl (C=O) groups excluding carboxylic acids is 2. The lowest BCUT2D eigenvalue weighted by Crippen LogP contribution is -2.18. The van der Waals surface area contributed by atoms with E-state index in [9.17, 15) is 9.59 Å². The highest BCUT2D eigenvalue weighted by Gasteiger charge is 2.17. The van der Waals surface area contributed by atoms with Crippen molar-refractivity contribution in [2.24, 2.45) is 0 Å². The molecule has 0 saturated carbocycles. The van der Waals surface area contributed by atoms with Crippen LogP contribution >= 0.6 is 11.6 Å². The highest BCUT2D eigenvalue weighted by molar-refractivity contribution is 6.31. The van der Waals surface area contributed by atoms with Gasteiger partial charge in [0.15, 0.2) is 5.76 Å². The molecule has 0 saturated heterocycles. The number of furan rings is 1. The minimum Gasteiger partial charge on any atom is -0.459 e. The van der Waals surface area contributed by atoms with E-state index < -0.39 is 5.91 Å². The molecule has 2 aromatic carbocycles. The average Bonchev–Trinajstić information content (AvgIpc) is 3.13. The minimum absolute atomic E-state index is 0.153. The standard InChI is InChI=1S/C19H15ClN2O3/c1-12-5-2-3-6-15(12)21-18(23)14-11-13(20)8-9-16(14)22-19(24)17-7-4-10-25-17/h2-11H,1H3,(H,21,23)(H,22,24). The summed E-state index contributed by atoms with van der Waals surface area (Å²) in [5, 5.41) is 5.89. The maximum Gasteiger partial charge on any atom is 0.291 e. The summed E-state index contributed by atoms with van der Waals surface area (Å²) in [5.41, 5.74) is 2.22. The minimum atomic E-state index is -0.447. The number of anilines is 2. The molecule has 0 aliphatic carbocycles. The number of nitrogens with one attached hydrogen (secondary N) is 2. The van der Waals surface area contributed by atoms with Gasteiger partial charge in [-0.15, -0.1) is 0 Å². The summed E-state index contributed by atoms with van der Waals surface area (Å²) in [5.74, 6) is -0.663. The fourth-order valence-corrected chi connectivity index (χ4v) is 2.48. The predicted octanol–water partition coefficient (Wildman–Crippen LogP) is 4.75. The zero-order chi connectivity index (χ0) is 17.8. The molecular weight excluding hydrogens is 340 g/mol. The number of carbonyl (C=O) groups is 2. The average molecular weight is 355 g/mol. The smallest absolute Gasteiger partial charge is 0.291 e. The molecule has 1 aromatic heterocycles. The van der Waals surface area contributed by atoms with E-state index in [0.717, 1.165) is 5.56 Å². The van der Waals surface area contributed by atoms with Gasteiger partial charge in [-0.3, -0.25) is 9.59 Å². The number of amides is 2. The Morgan fingerprint density at radius 2 is 1.68 bits per heavy atom. The Labute approximate surface area is 149 Å². The fraction of sp³-hybridized carbons (Fsp3) is 0.0526. The molecule has 0 bridgehead atoms. The molecule has 1 heterocycles. The van der Waals surface area contributed by atoms with Crippen LogP contribution < -0.4 is 10.6 Å². The van der Waals surface area contributed by atoms with Crippen molar-refractivity contribution in [3.8, 4) is 0 Å². The lowest BCUT2D eigenvalue weighted by molar-refractivity contribution is 0.0996. The van der Waals surface area contributed by atoms with Crippen molar-refractivity contribution in [3.63, 3.8) is 0 Å². The Bertz CT molecular complexity index is 920. The normalized spacial score (nSPS) is 10.3. The zero-order valence-corrected chi connectivity index (χ0v) is 14.1. The molecule has 2 amide bonds. The molecule has 3 aromatic rings. The summed E-state index contributed by atoms with van der Waals surface area (Å²) in [6.45, 7) is 1.90. The topological polar surface area (TPSA) is 71.3 Å². The maximum absolute atomic E-state index is 12.7. The molecule has 0 aliphatic rings. The van der Waals surface area contributed by atoms with Crippen LogP contribution in [-0.4, -0.2) is 11.8 Å². The van der Waals surface area contributed by atoms with Crippen LogP contribution in [0.5, 0.6) is 0 Å². The lowest BCUT2D eigenvalue weighted by atomic mass is 10.1. The second-order valence-electron chi connectivity index (χ2n) is 5.39. The molecule has 0 aliphatic heterocycles. The zero-order valence-electron chi connectivity index (χ0n) is 13.4. The van der Waals surface area contributed by atoms with Crippen molar-refractivity contribution >= 4 is 34.8 Å². The van der Waals surface area contributed by atoms with Gasteiger partial charge in [0.05, 0.1) is 17.5 Å². The number of hydrogen-bond acceptors (Lipinski definition) is 3. The van der Waals surface area contributed by atoms with Crippen LogP contribution in [0, 0.1) is 6.92 Å². The number of halogens is 1. The summed E-state index contributed by atoms with van der Waals surface area (Å²) in [6.07, 6.45) is 1.41. The van der Waals surface area contributed by atoms with E-state index in [-0.39, 0.29) is 17.2 Å². The first-order valence-corrected chi connectivity index (χ1v) is 7.94. The Balaban J connectivity index is 1.87. The SMILES string of the molecule is Cc1ccccc1NC(=O)c1cc(Cl)ccc1NC(=O)c1ccco1. The third-order valence-corrected chi connectivity index (χ3v) is 3.85. The van der Waals surface area contributed by atoms with Crippen LogP contribution in [0.25, 0.3) is 0 Å². The van der Waals surface area contributed by atoms with Gasteiger partial charge in [0.1, 0.15) is 0 Å². The molecule has 6 heteroatoms. The van der Waals surface area contributed by atoms with Gasteiger partial charge in [0.2, 0.25) is 0 Å². The molecule has 25 heavy (non-hydrogen) atoms. The van der Waals surface area contributed by atoms with Gasteiger partial charge in [-0.1, -0.05) is 29.8 Å². The summed E-state index contributed by atoms with van der Waals surface area (Å²) in [4.78, 5) is 24.8. The highest BCUT2D eigenvalue weighted by Crippen LogP contribution is 2.23. The third-order valence-electron chi connectivity index (χ3n) is 3.61. The van der Waals surface area contributed by atoms with Gasteiger partial charge in [-0.05, 0) is 48.9 Å². The van der Waals surface area contributed by atoms with Crippen LogP contribution in [0.1, 0.15) is 26.5 Å². The van der Waals surface area contributed by atoms with Crippen LogP contribution in [-0.2, 0) is 0 Å². The van der Waals surface area contributed by atoms with E-state index in [0.29, 0.717) is 16.4 Å². The van der Waals surface area contributed by atoms with E-state index in [2.05, 4.69) is 10.6 Å². The first-order valence-electron chi connectivity index (χ1n) is 7.56. The van der Waals surface area contributed by atoms with Crippen LogP contribution in [0.3, 0.4) is 0 Å². The number of hydrogen-bond donors (Lipinski definition) is 2. The Morgan fingerprint density at radius 3 is 2.40 bits per heavy atom. The van der Waals surface area contributed by atoms with Crippen molar-refractivity contribution in [3.05, 3.63) is 82.8 Å². The first-order chi connectivity index (χ1) is 12.0. The van der Waals surface area contributed by atoms with Gasteiger partial charge >= 0.3 is 0 Å². The summed E-state index contributed by atoms with van der Waals surface area (Å²) >= 11 is 6.02. The molecule has 2 N–H and O–H groups in total. The third kappa shape index (κ3) is 3.89. The van der Waals surface area contributed by atoms with Gasteiger partial charge in [-0.2, -0.15) is 0 Å². The van der Waals surface area contributed by atoms with Gasteiger partial charge in [0.25, 0.3) is 11.8 Å². The monoisotopic (exact) mass is 354 g/mol. The van der Waals surface area contributed by atoms with Gasteiger partial charge in [-0.25, -0.2) is 0 Å². The molecule has 0 radical (unpaired) electrons. The molecule has 0 fully saturated rings. The molecule has 126 valence electrons. The Morgan fingerprint density at radius 1 is 0.920 bits per heavy atom. The molecule has 0 unspecified atom stereocenters. The van der Waals surface area contributed by atoms with E-state index in [1.807, 2.05) is 25.1 Å². The Kier molecular flexibility index (Phi) is 4.86. The van der Waals surface area contributed by atoms with Crippen molar-refractivity contribution in [2.45, 2.75) is 6.92 Å². The number of para-hydroxylation sites is 1. The van der Waals surface area contributed by atoms with E-state index >= 15 is 0 Å². The van der Waals surface area contributed by atoms with Gasteiger partial charge in [0, 0.05) is 10.7 Å². The predicted molar refractivity (Wildman–Crippen MR) is 97.2 cm³/mol. The Hall–Kier alpha value is -3.05. The van der Waals surface area contributed by atoms with Crippen molar-refractivity contribution < 1.29 is 14.0 Å². The molecular formula is C19H15ClN2O3. The van der Waals surface area contributed by atoms with Crippen LogP contribution in [0.2, 0.25) is 5.02 Å². The summed E-state index contributed by atoms with van der Waals surface area (Å²) < 4.78 is 5.06. The summed E-state index contributed by atoms with van der Waals surface area (Å²) in [7, 11) is 0. The van der Waals surface area contributed by atoms with E-state index in [4.69, 9.17) is 16.0 Å². The van der Waals surface area contributed by atoms with E-state index in [1.165, 1.54) is 12.3 Å². The van der Waals surface area contributed by atoms with Crippen molar-refractivity contribution in [1.82, 2.24) is 0 Å². The summed E-state index contributed by atoms with van der Waals surface area (Å²) in [6, 6.07) is 15.3. The quantitative estimate of drug-likeness (QED) is 0.710. The molecule has 3 rings (SSSR count). The second kappa shape index (κ2) is 7.23. The number of aryl methyl sites for hydroxylation is 1. The maximum atomic E-state index is 12.7. The number of rotatable bonds is 4. The van der Waals surface area contributed by atoms with Crippen molar-refractivity contribution in [2.75, 3.05) is 10.6 Å². The lowest BCUT2D eigenvalue weighted by Gasteiger charge is -2.12. The fourth-order valence-electron chi connectivity index (χ4n) is 2.31. The van der Waals surface area contributed by atoms with Crippen LogP contribution in [0.4, 0.5) is 11.4 Å². The largest absolute Gasteiger partial charge is 0.459 e. The van der Waals surface area contributed by atoms with Gasteiger partial charge < -0.3 is 15.1 Å². The molecule has 0 spiro atoms. The van der Waals surface area contributed by atoms with Crippen molar-refractivity contribution in [1.29, 1.82) is 0 Å². The second-order valence-corrected chi connectivity index (χ2v) is 5.83. The first kappa shape index (κ1) is 16.8. The van der Waals surface area contributed by atoms with Crippen LogP contribution in [0.15, 0.2) is 65.3 Å². The number of benzene rings is 2.